The maximum Gasteiger partial charge on any atom is 0.302 e. The van der Waals surface area contributed by atoms with Gasteiger partial charge in [-0.15, -0.1) is 0 Å². The SMILES string of the molecule is CC(=O)OC1C2CCC3C(C)(O)C4C(O)C(O)C(C)(C)C4(O)C(O)CC13CC2(C)O. The molecule has 30 heavy (non-hydrogen) atoms. The maximum absolute atomic E-state index is 11.9. The lowest BCUT2D eigenvalue weighted by Gasteiger charge is -2.52. The molecule has 11 atom stereocenters. The molecule has 4 rings (SSSR count). The first-order chi connectivity index (χ1) is 13.5. The molecule has 4 aliphatic rings. The van der Waals surface area contributed by atoms with Gasteiger partial charge in [-0.1, -0.05) is 13.8 Å². The molecule has 0 saturated heterocycles. The molecule has 11 unspecified atom stereocenters. The smallest absolute Gasteiger partial charge is 0.302 e. The van der Waals surface area contributed by atoms with Crippen molar-refractivity contribution < 1.29 is 40.2 Å². The molecular weight excluding hydrogens is 392 g/mol. The molecular formula is C22H36O8. The zero-order chi connectivity index (χ0) is 22.7. The van der Waals surface area contributed by atoms with Crippen LogP contribution in [0.3, 0.4) is 0 Å². The fourth-order valence-corrected chi connectivity index (χ4v) is 8.29. The van der Waals surface area contributed by atoms with Gasteiger partial charge in [-0.3, -0.25) is 4.79 Å². The number of hydrogen-bond acceptors (Lipinski definition) is 8. The molecule has 0 aromatic heterocycles. The Labute approximate surface area is 176 Å². The second-order valence-electron chi connectivity index (χ2n) is 11.4. The van der Waals surface area contributed by atoms with Crippen molar-refractivity contribution in [3.8, 4) is 0 Å². The minimum atomic E-state index is -1.98. The summed E-state index contributed by atoms with van der Waals surface area (Å²) in [6.45, 7) is 7.66. The van der Waals surface area contributed by atoms with Crippen molar-refractivity contribution in [3.63, 3.8) is 0 Å². The Morgan fingerprint density at radius 2 is 1.60 bits per heavy atom. The maximum atomic E-state index is 11.9. The van der Waals surface area contributed by atoms with E-state index in [2.05, 4.69) is 0 Å². The van der Waals surface area contributed by atoms with Gasteiger partial charge in [-0.05, 0) is 45.4 Å². The van der Waals surface area contributed by atoms with Crippen LogP contribution in [0.5, 0.6) is 0 Å². The standard InChI is InChI=1S/C22H36O8/c1-10(23)30-17-11-6-7-12-20(5,28)15-14(25)16(26)18(2,3)22(15,29)13(24)8-21(12,17)9-19(11,4)27/h11-17,24-29H,6-9H2,1-5H3. The number of hydrogen-bond donors (Lipinski definition) is 6. The van der Waals surface area contributed by atoms with Crippen molar-refractivity contribution in [3.05, 3.63) is 0 Å². The summed E-state index contributed by atoms with van der Waals surface area (Å²) in [5.41, 5.74) is -7.11. The molecule has 8 heteroatoms. The summed E-state index contributed by atoms with van der Waals surface area (Å²) in [4.78, 5) is 11.9. The number of carbonyl (C=O) groups is 1. The number of ether oxygens (including phenoxy) is 1. The van der Waals surface area contributed by atoms with Gasteiger partial charge in [-0.2, -0.15) is 0 Å². The number of fused-ring (bicyclic) bond motifs is 2. The van der Waals surface area contributed by atoms with Gasteiger partial charge in [-0.25, -0.2) is 0 Å². The lowest BCUT2D eigenvalue weighted by molar-refractivity contribution is -0.210. The molecule has 0 aliphatic heterocycles. The summed E-state index contributed by atoms with van der Waals surface area (Å²) in [7, 11) is 0. The van der Waals surface area contributed by atoms with Gasteiger partial charge in [0.1, 0.15) is 11.7 Å². The molecule has 0 aromatic rings. The van der Waals surface area contributed by atoms with Crippen molar-refractivity contribution in [1.29, 1.82) is 0 Å². The van der Waals surface area contributed by atoms with E-state index in [1.807, 2.05) is 0 Å². The van der Waals surface area contributed by atoms with Crippen molar-refractivity contribution in [1.82, 2.24) is 0 Å². The normalized spacial score (nSPS) is 59.2. The van der Waals surface area contributed by atoms with Crippen LogP contribution in [0.25, 0.3) is 0 Å². The summed E-state index contributed by atoms with van der Waals surface area (Å²) in [5, 5.41) is 67.9. The average Bonchev–Trinajstić information content (AvgIpc) is 2.78. The Bertz CT molecular complexity index is 747. The Kier molecular flexibility index (Phi) is 4.61. The molecule has 8 nitrogen and oxygen atoms in total. The Morgan fingerprint density at radius 3 is 2.17 bits per heavy atom. The van der Waals surface area contributed by atoms with E-state index < -0.39 is 69.9 Å². The Hall–Kier alpha value is -0.770. The number of rotatable bonds is 1. The van der Waals surface area contributed by atoms with Crippen molar-refractivity contribution in [2.75, 3.05) is 0 Å². The molecule has 172 valence electrons. The van der Waals surface area contributed by atoms with E-state index in [1.165, 1.54) is 13.8 Å². The Morgan fingerprint density at radius 1 is 1.00 bits per heavy atom. The highest BCUT2D eigenvalue weighted by atomic mass is 16.5. The van der Waals surface area contributed by atoms with E-state index >= 15 is 0 Å². The highest BCUT2D eigenvalue weighted by Crippen LogP contribution is 2.70. The van der Waals surface area contributed by atoms with Crippen LogP contribution in [0, 0.1) is 28.6 Å². The molecule has 0 heterocycles. The molecule has 4 saturated carbocycles. The highest BCUT2D eigenvalue weighted by molar-refractivity contribution is 5.66. The van der Waals surface area contributed by atoms with Crippen LogP contribution in [0.4, 0.5) is 0 Å². The second-order valence-corrected chi connectivity index (χ2v) is 11.4. The number of aliphatic hydroxyl groups is 6. The lowest BCUT2D eigenvalue weighted by Crippen LogP contribution is -2.62. The van der Waals surface area contributed by atoms with Crippen LogP contribution >= 0.6 is 0 Å². The topological polar surface area (TPSA) is 148 Å². The minimum absolute atomic E-state index is 0.0196. The van der Waals surface area contributed by atoms with Gasteiger partial charge in [0.2, 0.25) is 0 Å². The van der Waals surface area contributed by atoms with E-state index in [0.29, 0.717) is 12.8 Å². The van der Waals surface area contributed by atoms with E-state index in [-0.39, 0.29) is 18.8 Å². The number of carbonyl (C=O) groups excluding carboxylic acids is 1. The van der Waals surface area contributed by atoms with Crippen LogP contribution in [0.1, 0.15) is 60.3 Å². The van der Waals surface area contributed by atoms with E-state index in [4.69, 9.17) is 4.74 Å². The fourth-order valence-electron chi connectivity index (χ4n) is 8.29. The van der Waals surface area contributed by atoms with Gasteiger partial charge in [0.05, 0.1) is 29.5 Å². The zero-order valence-electron chi connectivity index (χ0n) is 18.4. The first kappa shape index (κ1) is 22.4. The molecule has 4 aliphatic carbocycles. The van der Waals surface area contributed by atoms with Gasteiger partial charge in [0.25, 0.3) is 0 Å². The monoisotopic (exact) mass is 428 g/mol. The van der Waals surface area contributed by atoms with Gasteiger partial charge in [0, 0.05) is 29.6 Å². The second kappa shape index (κ2) is 6.17. The van der Waals surface area contributed by atoms with E-state index in [0.717, 1.165) is 0 Å². The summed E-state index contributed by atoms with van der Waals surface area (Å²) < 4.78 is 5.71. The van der Waals surface area contributed by atoms with Crippen LogP contribution in [-0.2, 0) is 9.53 Å². The average molecular weight is 429 g/mol. The molecule has 6 N–H and O–H groups in total. The van der Waals surface area contributed by atoms with Crippen LogP contribution in [0.2, 0.25) is 0 Å². The quantitative estimate of drug-likeness (QED) is 0.312. The predicted octanol–water partition coefficient (Wildman–Crippen LogP) is -0.290. The minimum Gasteiger partial charge on any atom is -0.462 e. The Balaban J connectivity index is 1.93. The summed E-state index contributed by atoms with van der Waals surface area (Å²) >= 11 is 0. The number of aliphatic hydroxyl groups excluding tert-OH is 3. The summed E-state index contributed by atoms with van der Waals surface area (Å²) in [6, 6.07) is 0. The summed E-state index contributed by atoms with van der Waals surface area (Å²) in [5.74, 6) is -2.63. The largest absolute Gasteiger partial charge is 0.462 e. The van der Waals surface area contributed by atoms with Crippen molar-refractivity contribution in [2.45, 2.75) is 102 Å². The summed E-state index contributed by atoms with van der Waals surface area (Å²) in [6.07, 6.45) is -3.77. The molecule has 0 aromatic carbocycles. The first-order valence-corrected chi connectivity index (χ1v) is 10.9. The zero-order valence-corrected chi connectivity index (χ0v) is 18.4. The first-order valence-electron chi connectivity index (χ1n) is 10.9. The predicted molar refractivity (Wildman–Crippen MR) is 105 cm³/mol. The molecule has 0 radical (unpaired) electrons. The highest BCUT2D eigenvalue weighted by Gasteiger charge is 2.79. The van der Waals surface area contributed by atoms with Crippen LogP contribution < -0.4 is 0 Å². The van der Waals surface area contributed by atoms with Crippen LogP contribution in [-0.4, -0.2) is 77.8 Å². The van der Waals surface area contributed by atoms with Gasteiger partial charge >= 0.3 is 5.97 Å². The molecule has 0 amide bonds. The molecule has 1 spiro atoms. The molecule has 4 fully saturated rings. The van der Waals surface area contributed by atoms with Crippen molar-refractivity contribution >= 4 is 5.97 Å². The third kappa shape index (κ3) is 2.41. The third-order valence-corrected chi connectivity index (χ3v) is 9.50. The molecule has 2 bridgehead atoms. The number of esters is 1. The van der Waals surface area contributed by atoms with Crippen molar-refractivity contribution in [2.24, 2.45) is 28.6 Å². The fraction of sp³-hybridized carbons (Fsp3) is 0.955. The van der Waals surface area contributed by atoms with Crippen LogP contribution in [0.15, 0.2) is 0 Å². The lowest BCUT2D eigenvalue weighted by atomic mass is 9.57. The third-order valence-electron chi connectivity index (χ3n) is 9.50. The van der Waals surface area contributed by atoms with Gasteiger partial charge < -0.3 is 35.4 Å². The van der Waals surface area contributed by atoms with E-state index in [1.54, 1.807) is 20.8 Å². The van der Waals surface area contributed by atoms with E-state index in [9.17, 15) is 35.4 Å². The van der Waals surface area contributed by atoms with Gasteiger partial charge in [0.15, 0.2) is 0 Å².